The molecule has 15 heteroatoms. The minimum Gasteiger partial charge on any atom is -0.489 e. The van der Waals surface area contributed by atoms with Gasteiger partial charge < -0.3 is 25.0 Å². The van der Waals surface area contributed by atoms with E-state index in [1.165, 1.54) is 39.8 Å². The summed E-state index contributed by atoms with van der Waals surface area (Å²) in [6.07, 6.45) is 1.66. The molecular formula is C36H30N4O8S3. The van der Waals surface area contributed by atoms with Gasteiger partial charge in [-0.3, -0.25) is 19.5 Å². The van der Waals surface area contributed by atoms with Crippen LogP contribution in [0, 0.1) is 0 Å². The van der Waals surface area contributed by atoms with Gasteiger partial charge in [0.15, 0.2) is 6.04 Å². The van der Waals surface area contributed by atoms with E-state index in [0.717, 1.165) is 34.2 Å². The number of benzene rings is 3. The lowest BCUT2D eigenvalue weighted by Crippen LogP contribution is -2.71. The van der Waals surface area contributed by atoms with E-state index >= 15 is 0 Å². The highest BCUT2D eigenvalue weighted by Crippen LogP contribution is 2.62. The summed E-state index contributed by atoms with van der Waals surface area (Å²) in [5.41, 5.74) is 3.04. The van der Waals surface area contributed by atoms with Gasteiger partial charge in [-0.05, 0) is 54.3 Å². The zero-order valence-electron chi connectivity index (χ0n) is 26.8. The number of β-lactam (4-membered cyclic amide) rings is 1. The first kappa shape index (κ1) is 33.3. The number of aromatic nitrogens is 1. The van der Waals surface area contributed by atoms with Gasteiger partial charge in [-0.25, -0.2) is 14.6 Å². The van der Waals surface area contributed by atoms with Crippen LogP contribution in [0.5, 0.6) is 11.5 Å². The standard InChI is InChI=1S/C36H30N4O8S3/c41-27(14-19-4-2-1-3-5-19)39-28-32(42)40-29(35(45)46)23(36(12-13-36)51-33(28)40)17-48-21-8-6-20(7-9-21)16-47-22-10-11-24-26(15-22)50-31(37-24)30-38-25(18-49-30)34(43)44/h1-11,15,25,28,33H,12-14,16-18H2,(H,39,41)(H,43,44)(H,45,46)/t25-,28?,33?/m1/s1. The fourth-order valence-electron chi connectivity index (χ4n) is 6.30. The molecule has 1 saturated carbocycles. The number of thiazole rings is 1. The van der Waals surface area contributed by atoms with Crippen LogP contribution in [-0.4, -0.2) is 83.5 Å². The largest absolute Gasteiger partial charge is 0.489 e. The molecule has 2 fully saturated rings. The molecule has 12 nitrogen and oxygen atoms in total. The summed E-state index contributed by atoms with van der Waals surface area (Å²) >= 11 is 4.37. The van der Waals surface area contributed by atoms with Gasteiger partial charge in [-0.2, -0.15) is 0 Å². The molecule has 2 amide bonds. The Labute approximate surface area is 303 Å². The van der Waals surface area contributed by atoms with Crippen LogP contribution in [0.3, 0.4) is 0 Å². The third kappa shape index (κ3) is 6.56. The number of aliphatic imine (C=N–C) groups is 1. The van der Waals surface area contributed by atoms with E-state index < -0.39 is 40.1 Å². The second-order valence-electron chi connectivity index (χ2n) is 12.5. The van der Waals surface area contributed by atoms with Crippen molar-refractivity contribution in [2.75, 3.05) is 12.4 Å². The van der Waals surface area contributed by atoms with E-state index in [2.05, 4.69) is 15.3 Å². The number of fused-ring (bicyclic) bond motifs is 2. The van der Waals surface area contributed by atoms with Gasteiger partial charge in [0, 0.05) is 16.1 Å². The Hall–Kier alpha value is -4.86. The maximum Gasteiger partial charge on any atom is 0.352 e. The molecule has 3 atom stereocenters. The van der Waals surface area contributed by atoms with E-state index in [-0.39, 0.29) is 24.6 Å². The molecule has 1 aromatic heterocycles. The summed E-state index contributed by atoms with van der Waals surface area (Å²) < 4.78 is 12.6. The zero-order chi connectivity index (χ0) is 35.3. The minimum atomic E-state index is -1.19. The molecule has 0 bridgehead atoms. The highest BCUT2D eigenvalue weighted by Gasteiger charge is 2.63. The molecule has 1 saturated heterocycles. The molecule has 3 aromatic carbocycles. The van der Waals surface area contributed by atoms with Gasteiger partial charge in [-0.1, -0.05) is 42.5 Å². The molecule has 4 heterocycles. The smallest absolute Gasteiger partial charge is 0.352 e. The first-order valence-electron chi connectivity index (χ1n) is 16.2. The van der Waals surface area contributed by atoms with Crippen LogP contribution in [0.4, 0.5) is 0 Å². The van der Waals surface area contributed by atoms with Crippen molar-refractivity contribution in [1.82, 2.24) is 15.2 Å². The fourth-order valence-corrected chi connectivity index (χ4v) is 10.1. The van der Waals surface area contributed by atoms with Gasteiger partial charge in [0.25, 0.3) is 5.91 Å². The predicted molar refractivity (Wildman–Crippen MR) is 193 cm³/mol. The van der Waals surface area contributed by atoms with Crippen LogP contribution in [0.15, 0.2) is 89.1 Å². The number of amides is 2. The lowest BCUT2D eigenvalue weighted by Gasteiger charge is -2.51. The average Bonchev–Trinajstić information content (AvgIpc) is 3.51. The normalized spacial score (nSPS) is 21.6. The van der Waals surface area contributed by atoms with Crippen LogP contribution >= 0.6 is 34.9 Å². The number of hydrogen-bond acceptors (Lipinski definition) is 11. The van der Waals surface area contributed by atoms with Crippen molar-refractivity contribution >= 4 is 73.9 Å². The number of carbonyl (C=O) groups excluding carboxylic acids is 2. The Kier molecular flexibility index (Phi) is 8.72. The Bertz CT molecular complexity index is 2130. The summed E-state index contributed by atoms with van der Waals surface area (Å²) in [7, 11) is 0. The maximum atomic E-state index is 13.2. The van der Waals surface area contributed by atoms with Gasteiger partial charge in [0.1, 0.15) is 51.9 Å². The Morgan fingerprint density at radius 3 is 2.39 bits per heavy atom. The lowest BCUT2D eigenvalue weighted by molar-refractivity contribution is -0.150. The molecule has 1 aliphatic carbocycles. The number of ether oxygens (including phenoxy) is 2. The Balaban J connectivity index is 0.892. The Morgan fingerprint density at radius 2 is 1.69 bits per heavy atom. The molecule has 4 aliphatic rings. The predicted octanol–water partition coefficient (Wildman–Crippen LogP) is 4.71. The Morgan fingerprint density at radius 1 is 0.941 bits per heavy atom. The van der Waals surface area contributed by atoms with E-state index in [1.54, 1.807) is 12.1 Å². The van der Waals surface area contributed by atoms with Crippen molar-refractivity contribution < 1.29 is 38.9 Å². The summed E-state index contributed by atoms with van der Waals surface area (Å²) in [5.74, 6) is -1.23. The third-order valence-corrected chi connectivity index (χ3v) is 13.1. The van der Waals surface area contributed by atoms with E-state index in [9.17, 15) is 29.4 Å². The van der Waals surface area contributed by atoms with Crippen molar-refractivity contribution in [2.45, 2.75) is 48.1 Å². The van der Waals surface area contributed by atoms with Crippen LogP contribution in [0.2, 0.25) is 0 Å². The number of nitrogens with zero attached hydrogens (tertiary/aromatic N) is 3. The van der Waals surface area contributed by atoms with Crippen LogP contribution < -0.4 is 14.8 Å². The summed E-state index contributed by atoms with van der Waals surface area (Å²) in [6.45, 7) is 0.320. The van der Waals surface area contributed by atoms with Crippen molar-refractivity contribution in [2.24, 2.45) is 4.99 Å². The monoisotopic (exact) mass is 742 g/mol. The number of rotatable bonds is 12. The zero-order valence-corrected chi connectivity index (χ0v) is 29.3. The third-order valence-electron chi connectivity index (χ3n) is 9.09. The van der Waals surface area contributed by atoms with Gasteiger partial charge in [0.2, 0.25) is 5.91 Å². The lowest BCUT2D eigenvalue weighted by atomic mass is 9.99. The number of thioether (sulfide) groups is 2. The molecule has 3 N–H and O–H groups in total. The topological polar surface area (TPSA) is 168 Å². The number of aliphatic carboxylic acids is 2. The quantitative estimate of drug-likeness (QED) is 0.172. The van der Waals surface area contributed by atoms with E-state index in [1.807, 2.05) is 60.7 Å². The summed E-state index contributed by atoms with van der Waals surface area (Å²) in [5, 5.41) is 23.2. The highest BCUT2D eigenvalue weighted by atomic mass is 32.2. The van der Waals surface area contributed by atoms with Gasteiger partial charge >= 0.3 is 11.9 Å². The molecule has 2 unspecified atom stereocenters. The molecule has 51 heavy (non-hydrogen) atoms. The van der Waals surface area contributed by atoms with Crippen molar-refractivity contribution in [3.63, 3.8) is 0 Å². The second-order valence-corrected chi connectivity index (χ2v) is 16.1. The molecule has 0 radical (unpaired) electrons. The molecule has 8 rings (SSSR count). The fraction of sp³-hybridized carbons (Fsp3) is 0.278. The SMILES string of the molecule is O=C(Cc1ccccc1)NC1C(=O)N2C(C(=O)O)=C(COc3ccc(COc4ccc5nc(C6=N[C@@H](C(=O)O)CS6)sc5c4)cc3)C3(CC3)SC12. The summed E-state index contributed by atoms with van der Waals surface area (Å²) in [4.78, 5) is 60.0. The molecule has 4 aromatic rings. The molecule has 3 aliphatic heterocycles. The van der Waals surface area contributed by atoms with E-state index in [0.29, 0.717) is 39.5 Å². The maximum absolute atomic E-state index is 13.2. The van der Waals surface area contributed by atoms with Crippen molar-refractivity contribution in [3.8, 4) is 11.5 Å². The number of nitrogens with one attached hydrogen (secondary N) is 1. The van der Waals surface area contributed by atoms with E-state index in [4.69, 9.17) is 9.47 Å². The number of carbonyl (C=O) groups is 4. The van der Waals surface area contributed by atoms with Crippen molar-refractivity contribution in [1.29, 1.82) is 0 Å². The highest BCUT2D eigenvalue weighted by molar-refractivity contribution is 8.15. The van der Waals surface area contributed by atoms with Gasteiger partial charge in [-0.15, -0.1) is 34.9 Å². The second kappa shape index (κ2) is 13.4. The van der Waals surface area contributed by atoms with Crippen molar-refractivity contribution in [3.05, 3.63) is 100 Å². The first-order chi connectivity index (χ1) is 24.7. The number of carboxylic acids is 2. The van der Waals surface area contributed by atoms with Crippen LogP contribution in [0.1, 0.15) is 29.0 Å². The summed E-state index contributed by atoms with van der Waals surface area (Å²) in [6, 6.07) is 20.7. The number of carboxylic acid groups (broad SMARTS) is 2. The van der Waals surface area contributed by atoms with Crippen LogP contribution in [-0.2, 0) is 32.2 Å². The minimum absolute atomic E-state index is 0.0186. The first-order valence-corrected chi connectivity index (χ1v) is 18.9. The molecule has 260 valence electrons. The molecule has 1 spiro atoms. The van der Waals surface area contributed by atoms with Crippen LogP contribution in [0.25, 0.3) is 10.2 Å². The average molecular weight is 743 g/mol. The van der Waals surface area contributed by atoms with Gasteiger partial charge in [0.05, 0.1) is 16.6 Å². The molecular weight excluding hydrogens is 713 g/mol. The number of hydrogen-bond donors (Lipinski definition) is 3.